The summed E-state index contributed by atoms with van der Waals surface area (Å²) in [5.74, 6) is 0.0559. The Morgan fingerprint density at radius 3 is 2.62 bits per heavy atom. The Hall–Kier alpha value is -2.77. The van der Waals surface area contributed by atoms with Gasteiger partial charge in [-0.05, 0) is 50.8 Å². The van der Waals surface area contributed by atoms with Crippen LogP contribution in [0, 0.1) is 0 Å². The van der Waals surface area contributed by atoms with Crippen molar-refractivity contribution in [3.05, 3.63) is 53.4 Å². The molecule has 168 valence electrons. The fraction of sp³-hybridized carbons (Fsp3) is 0.400. The van der Waals surface area contributed by atoms with Gasteiger partial charge in [-0.25, -0.2) is 4.98 Å². The number of rotatable bonds is 4. The molecule has 1 saturated heterocycles. The van der Waals surface area contributed by atoms with Crippen LogP contribution in [0.3, 0.4) is 0 Å². The van der Waals surface area contributed by atoms with Crippen molar-refractivity contribution in [3.8, 4) is 10.6 Å². The Morgan fingerprint density at radius 2 is 1.88 bits per heavy atom. The van der Waals surface area contributed by atoms with E-state index in [0.717, 1.165) is 34.4 Å². The normalized spacial score (nSPS) is 15.5. The number of pyridine rings is 1. The summed E-state index contributed by atoms with van der Waals surface area (Å²) in [6, 6.07) is 13.8. The Balaban J connectivity index is 1.53. The molecule has 0 atom stereocenters. The first-order chi connectivity index (χ1) is 15.3. The van der Waals surface area contributed by atoms with Gasteiger partial charge in [0.15, 0.2) is 0 Å². The molecule has 0 radical (unpaired) electrons. The third kappa shape index (κ3) is 5.34. The zero-order valence-corrected chi connectivity index (χ0v) is 19.7. The number of amides is 2. The predicted molar refractivity (Wildman–Crippen MR) is 130 cm³/mol. The van der Waals surface area contributed by atoms with Crippen molar-refractivity contribution in [2.75, 3.05) is 32.7 Å². The third-order valence-electron chi connectivity index (χ3n) is 5.48. The summed E-state index contributed by atoms with van der Waals surface area (Å²) in [4.78, 5) is 35.8. The van der Waals surface area contributed by atoms with Gasteiger partial charge in [0, 0.05) is 37.1 Å². The number of aromatic nitrogens is 1. The standard InChI is InChI=1S/C25H30N4O2S/c1-25(2,3)27-23(30)17-28-11-7-12-29(14-13-28)24(31)19-16-21(22-10-6-15-32-22)26-20-9-5-4-8-18(19)20/h4-6,8-10,15-16H,7,11-14,17H2,1-3H3,(H,27,30). The number of carbonyl (C=O) groups is 2. The minimum absolute atomic E-state index is 0.0259. The molecule has 1 aliphatic rings. The van der Waals surface area contributed by atoms with Gasteiger partial charge < -0.3 is 10.2 Å². The Bertz CT molecular complexity index is 1100. The van der Waals surface area contributed by atoms with Gasteiger partial charge in [-0.2, -0.15) is 0 Å². The van der Waals surface area contributed by atoms with Crippen LogP contribution in [0.1, 0.15) is 37.6 Å². The van der Waals surface area contributed by atoms with E-state index in [1.807, 2.05) is 73.5 Å². The summed E-state index contributed by atoms with van der Waals surface area (Å²) in [7, 11) is 0. The number of benzene rings is 1. The minimum atomic E-state index is -0.242. The first-order valence-corrected chi connectivity index (χ1v) is 11.9. The highest BCUT2D eigenvalue weighted by Gasteiger charge is 2.24. The first-order valence-electron chi connectivity index (χ1n) is 11.1. The van der Waals surface area contributed by atoms with Gasteiger partial charge in [0.25, 0.3) is 5.91 Å². The maximum absolute atomic E-state index is 13.6. The molecular formula is C25H30N4O2S. The Labute approximate surface area is 193 Å². The number of para-hydroxylation sites is 1. The van der Waals surface area contributed by atoms with Gasteiger partial charge in [0.2, 0.25) is 5.91 Å². The summed E-state index contributed by atoms with van der Waals surface area (Å²) in [6.07, 6.45) is 0.843. The fourth-order valence-electron chi connectivity index (χ4n) is 4.07. The van der Waals surface area contributed by atoms with Crippen molar-refractivity contribution in [1.29, 1.82) is 0 Å². The van der Waals surface area contributed by atoms with E-state index in [1.165, 1.54) is 0 Å². The smallest absolute Gasteiger partial charge is 0.254 e. The van der Waals surface area contributed by atoms with E-state index in [1.54, 1.807) is 11.3 Å². The lowest BCUT2D eigenvalue weighted by Gasteiger charge is -2.25. The van der Waals surface area contributed by atoms with Crippen LogP contribution >= 0.6 is 11.3 Å². The van der Waals surface area contributed by atoms with Crippen LogP contribution in [0.25, 0.3) is 21.5 Å². The summed E-state index contributed by atoms with van der Waals surface area (Å²) in [5, 5.41) is 5.92. The van der Waals surface area contributed by atoms with Gasteiger partial charge >= 0.3 is 0 Å². The molecule has 7 heteroatoms. The van der Waals surface area contributed by atoms with Gasteiger partial charge in [-0.1, -0.05) is 24.3 Å². The van der Waals surface area contributed by atoms with Crippen molar-refractivity contribution in [2.45, 2.75) is 32.7 Å². The SMILES string of the molecule is CC(C)(C)NC(=O)CN1CCCN(C(=O)c2cc(-c3cccs3)nc3ccccc23)CC1. The summed E-state index contributed by atoms with van der Waals surface area (Å²) < 4.78 is 0. The van der Waals surface area contributed by atoms with Crippen LogP contribution in [-0.2, 0) is 4.79 Å². The molecule has 0 bridgehead atoms. The Morgan fingerprint density at radius 1 is 1.06 bits per heavy atom. The largest absolute Gasteiger partial charge is 0.350 e. The molecule has 1 fully saturated rings. The second kappa shape index (κ2) is 9.38. The number of hydrogen-bond acceptors (Lipinski definition) is 5. The van der Waals surface area contributed by atoms with E-state index in [-0.39, 0.29) is 17.4 Å². The van der Waals surface area contributed by atoms with E-state index in [4.69, 9.17) is 4.98 Å². The molecular weight excluding hydrogens is 420 g/mol. The monoisotopic (exact) mass is 450 g/mol. The summed E-state index contributed by atoms with van der Waals surface area (Å²) in [6.45, 7) is 9.09. The molecule has 6 nitrogen and oxygen atoms in total. The molecule has 2 amide bonds. The molecule has 0 spiro atoms. The van der Waals surface area contributed by atoms with Crippen LogP contribution in [0.15, 0.2) is 47.8 Å². The lowest BCUT2D eigenvalue weighted by atomic mass is 10.1. The topological polar surface area (TPSA) is 65.5 Å². The molecule has 1 aliphatic heterocycles. The van der Waals surface area contributed by atoms with Crippen molar-refractivity contribution in [3.63, 3.8) is 0 Å². The first kappa shape index (κ1) is 22.4. The fourth-order valence-corrected chi connectivity index (χ4v) is 4.75. The second-order valence-electron chi connectivity index (χ2n) is 9.27. The molecule has 1 aromatic carbocycles. The highest BCUT2D eigenvalue weighted by molar-refractivity contribution is 7.13. The van der Waals surface area contributed by atoms with Gasteiger partial charge in [-0.15, -0.1) is 11.3 Å². The average molecular weight is 451 g/mol. The molecule has 32 heavy (non-hydrogen) atoms. The van der Waals surface area contributed by atoms with E-state index in [9.17, 15) is 9.59 Å². The van der Waals surface area contributed by atoms with Crippen LogP contribution in [0.5, 0.6) is 0 Å². The molecule has 0 aliphatic carbocycles. The molecule has 4 rings (SSSR count). The van der Waals surface area contributed by atoms with Crippen molar-refractivity contribution < 1.29 is 9.59 Å². The van der Waals surface area contributed by atoms with Crippen LogP contribution in [0.2, 0.25) is 0 Å². The van der Waals surface area contributed by atoms with Gasteiger partial charge in [-0.3, -0.25) is 14.5 Å². The van der Waals surface area contributed by atoms with Crippen molar-refractivity contribution in [2.24, 2.45) is 0 Å². The number of nitrogens with zero attached hydrogens (tertiary/aromatic N) is 3. The number of hydrogen-bond donors (Lipinski definition) is 1. The van der Waals surface area contributed by atoms with Crippen molar-refractivity contribution >= 4 is 34.1 Å². The molecule has 0 saturated carbocycles. The van der Waals surface area contributed by atoms with E-state index >= 15 is 0 Å². The van der Waals surface area contributed by atoms with Crippen LogP contribution < -0.4 is 5.32 Å². The molecule has 1 N–H and O–H groups in total. The maximum atomic E-state index is 13.6. The van der Waals surface area contributed by atoms with E-state index in [0.29, 0.717) is 31.7 Å². The quantitative estimate of drug-likeness (QED) is 0.652. The van der Waals surface area contributed by atoms with E-state index in [2.05, 4.69) is 10.2 Å². The average Bonchev–Trinajstić information content (AvgIpc) is 3.18. The zero-order chi connectivity index (χ0) is 22.7. The summed E-state index contributed by atoms with van der Waals surface area (Å²) >= 11 is 1.62. The molecule has 0 unspecified atom stereocenters. The predicted octanol–water partition coefficient (Wildman–Crippen LogP) is 4.03. The van der Waals surface area contributed by atoms with Crippen LogP contribution in [-0.4, -0.2) is 64.9 Å². The third-order valence-corrected chi connectivity index (χ3v) is 6.37. The lowest BCUT2D eigenvalue weighted by molar-refractivity contribution is -0.123. The van der Waals surface area contributed by atoms with Crippen LogP contribution in [0.4, 0.5) is 0 Å². The number of thiophene rings is 1. The summed E-state index contributed by atoms with van der Waals surface area (Å²) in [5.41, 5.74) is 2.11. The molecule has 3 heterocycles. The second-order valence-corrected chi connectivity index (χ2v) is 10.2. The Kier molecular flexibility index (Phi) is 6.58. The number of fused-ring (bicyclic) bond motifs is 1. The van der Waals surface area contributed by atoms with Crippen molar-refractivity contribution in [1.82, 2.24) is 20.1 Å². The van der Waals surface area contributed by atoms with E-state index < -0.39 is 0 Å². The molecule has 2 aromatic heterocycles. The van der Waals surface area contributed by atoms with Gasteiger partial charge in [0.05, 0.1) is 28.2 Å². The number of nitrogens with one attached hydrogen (secondary N) is 1. The zero-order valence-electron chi connectivity index (χ0n) is 18.9. The maximum Gasteiger partial charge on any atom is 0.254 e. The highest BCUT2D eigenvalue weighted by atomic mass is 32.1. The number of carbonyl (C=O) groups excluding carboxylic acids is 2. The minimum Gasteiger partial charge on any atom is -0.350 e. The van der Waals surface area contributed by atoms with Gasteiger partial charge in [0.1, 0.15) is 0 Å². The highest BCUT2D eigenvalue weighted by Crippen LogP contribution is 2.28. The molecule has 3 aromatic rings. The lowest BCUT2D eigenvalue weighted by Crippen LogP contribution is -2.46.